The van der Waals surface area contributed by atoms with Gasteiger partial charge in [0.25, 0.3) is 5.91 Å². The quantitative estimate of drug-likeness (QED) is 0.289. The Morgan fingerprint density at radius 2 is 2.02 bits per heavy atom. The van der Waals surface area contributed by atoms with Crippen LogP contribution in [0.4, 0.5) is 15.2 Å². The molecule has 9 nitrogen and oxygen atoms in total. The predicted octanol–water partition coefficient (Wildman–Crippen LogP) is 5.28. The van der Waals surface area contributed by atoms with Gasteiger partial charge in [0, 0.05) is 54.1 Å². The summed E-state index contributed by atoms with van der Waals surface area (Å²) >= 11 is 8.15. The number of imidazole rings is 1. The molecule has 1 unspecified atom stereocenters. The number of carbonyl (C=O) groups is 1. The summed E-state index contributed by atoms with van der Waals surface area (Å²) in [5.41, 5.74) is 5.95. The lowest BCUT2D eigenvalue weighted by atomic mass is 9.98. The van der Waals surface area contributed by atoms with Gasteiger partial charge in [0.1, 0.15) is 6.17 Å². The summed E-state index contributed by atoms with van der Waals surface area (Å²) < 4.78 is 23.1. The van der Waals surface area contributed by atoms with E-state index in [0.29, 0.717) is 27.1 Å². The van der Waals surface area contributed by atoms with Crippen molar-refractivity contribution in [3.8, 4) is 11.1 Å². The Morgan fingerprint density at radius 1 is 1.22 bits per heavy atom. The molecule has 210 valence electrons. The number of morpholine rings is 1. The van der Waals surface area contributed by atoms with Crippen LogP contribution in [0.15, 0.2) is 54.4 Å². The van der Waals surface area contributed by atoms with Gasteiger partial charge in [0.05, 0.1) is 42.3 Å². The molecule has 0 radical (unpaired) electrons. The van der Waals surface area contributed by atoms with Gasteiger partial charge in [-0.15, -0.1) is 11.3 Å². The van der Waals surface area contributed by atoms with Gasteiger partial charge in [0.2, 0.25) is 0 Å². The van der Waals surface area contributed by atoms with Crippen molar-refractivity contribution < 1.29 is 13.9 Å². The zero-order valence-electron chi connectivity index (χ0n) is 22.3. The van der Waals surface area contributed by atoms with E-state index in [4.69, 9.17) is 21.4 Å². The minimum absolute atomic E-state index is 0.196. The Hall–Kier alpha value is -3.80. The molecule has 1 amide bonds. The van der Waals surface area contributed by atoms with Gasteiger partial charge in [-0.1, -0.05) is 23.7 Å². The molecule has 1 N–H and O–H groups in total. The van der Waals surface area contributed by atoms with Crippen LogP contribution < -0.4 is 10.2 Å². The molecule has 5 heterocycles. The van der Waals surface area contributed by atoms with E-state index in [1.54, 1.807) is 33.3 Å². The van der Waals surface area contributed by atoms with Crippen LogP contribution >= 0.6 is 22.9 Å². The lowest BCUT2D eigenvalue weighted by Gasteiger charge is -2.29. The van der Waals surface area contributed by atoms with Crippen molar-refractivity contribution in [2.45, 2.75) is 32.1 Å². The van der Waals surface area contributed by atoms with E-state index >= 15 is 0 Å². The summed E-state index contributed by atoms with van der Waals surface area (Å²) in [6, 6.07) is 9.44. The minimum Gasteiger partial charge on any atom is -0.378 e. The zero-order chi connectivity index (χ0) is 28.1. The van der Waals surface area contributed by atoms with E-state index in [2.05, 4.69) is 44.5 Å². The Labute approximate surface area is 244 Å². The van der Waals surface area contributed by atoms with E-state index < -0.39 is 12.2 Å². The number of aromatic nitrogens is 5. The topological polar surface area (TPSA) is 90.1 Å². The number of halogens is 2. The fraction of sp³-hybridized carbons (Fsp3) is 0.310. The van der Waals surface area contributed by atoms with Gasteiger partial charge in [-0.05, 0) is 41.8 Å². The number of hydrogen-bond acceptors (Lipinski definition) is 7. The van der Waals surface area contributed by atoms with Crippen molar-refractivity contribution in [1.82, 2.24) is 24.3 Å². The average molecular weight is 592 g/mol. The smallest absolute Gasteiger partial charge is 0.257 e. The third-order valence-corrected chi connectivity index (χ3v) is 8.80. The Bertz CT molecular complexity index is 1730. The number of hydrogen-bond donors (Lipinski definition) is 1. The highest BCUT2D eigenvalue weighted by molar-refractivity contribution is 7.13. The number of fused-ring (bicyclic) bond motifs is 2. The van der Waals surface area contributed by atoms with E-state index in [1.165, 1.54) is 11.3 Å². The predicted molar refractivity (Wildman–Crippen MR) is 158 cm³/mol. The second-order valence-electron chi connectivity index (χ2n) is 10.3. The molecule has 2 aliphatic heterocycles. The second kappa shape index (κ2) is 10.6. The van der Waals surface area contributed by atoms with Crippen LogP contribution in [0.2, 0.25) is 5.02 Å². The largest absolute Gasteiger partial charge is 0.378 e. The molecular weight excluding hydrogens is 565 g/mol. The van der Waals surface area contributed by atoms with Crippen LogP contribution in [0.5, 0.6) is 0 Å². The molecule has 0 saturated carbocycles. The van der Waals surface area contributed by atoms with Crippen LogP contribution in [0.1, 0.15) is 23.0 Å². The maximum Gasteiger partial charge on any atom is 0.257 e. The molecule has 2 aliphatic rings. The molecule has 41 heavy (non-hydrogen) atoms. The van der Waals surface area contributed by atoms with Gasteiger partial charge < -0.3 is 14.2 Å². The molecule has 3 aromatic heterocycles. The molecule has 5 aromatic rings. The van der Waals surface area contributed by atoms with Crippen molar-refractivity contribution in [3.05, 3.63) is 76.4 Å². The number of ether oxygens (including phenoxy) is 1. The van der Waals surface area contributed by atoms with E-state index in [1.807, 2.05) is 13.0 Å². The number of rotatable bonds is 6. The fourth-order valence-corrected chi connectivity index (χ4v) is 6.52. The number of aryl methyl sites for hydroxylation is 1. The van der Waals surface area contributed by atoms with Crippen LogP contribution in [-0.4, -0.2) is 62.7 Å². The van der Waals surface area contributed by atoms with E-state index in [0.717, 1.165) is 54.1 Å². The first kappa shape index (κ1) is 26.1. The van der Waals surface area contributed by atoms with Crippen molar-refractivity contribution in [2.75, 3.05) is 36.5 Å². The van der Waals surface area contributed by atoms with Crippen molar-refractivity contribution in [1.29, 1.82) is 0 Å². The lowest BCUT2D eigenvalue weighted by Crippen LogP contribution is -2.36. The molecule has 1 fully saturated rings. The fourth-order valence-electron chi connectivity index (χ4n) is 5.74. The Morgan fingerprint density at radius 3 is 2.78 bits per heavy atom. The maximum atomic E-state index is 14.3. The number of amides is 1. The normalized spacial score (nSPS) is 17.6. The molecule has 1 saturated heterocycles. The van der Waals surface area contributed by atoms with Crippen LogP contribution in [0.25, 0.3) is 22.0 Å². The third-order valence-electron chi connectivity index (χ3n) is 7.80. The SMILES string of the molecule is Cc1c(-c2ccc(N3CCOCC3)cc2)cc(Cl)c2cn(C(C(=O)Nc3nccs3)c3ncn4c3C[C@@H](F)C4)nc12. The highest BCUT2D eigenvalue weighted by Gasteiger charge is 2.34. The van der Waals surface area contributed by atoms with Gasteiger partial charge >= 0.3 is 0 Å². The number of thiazole rings is 1. The molecule has 7 rings (SSSR count). The van der Waals surface area contributed by atoms with Crippen molar-refractivity contribution in [3.63, 3.8) is 0 Å². The Kier molecular flexibility index (Phi) is 6.72. The van der Waals surface area contributed by atoms with Gasteiger partial charge in [-0.25, -0.2) is 14.4 Å². The van der Waals surface area contributed by atoms with Crippen LogP contribution in [-0.2, 0) is 22.5 Å². The molecule has 2 aromatic carbocycles. The summed E-state index contributed by atoms with van der Waals surface area (Å²) in [6.07, 6.45) is 4.17. The zero-order valence-corrected chi connectivity index (χ0v) is 23.8. The third kappa shape index (κ3) is 4.77. The first-order chi connectivity index (χ1) is 20.0. The second-order valence-corrected chi connectivity index (χ2v) is 11.6. The highest BCUT2D eigenvalue weighted by atomic mass is 35.5. The van der Waals surface area contributed by atoms with E-state index in [-0.39, 0.29) is 18.9 Å². The molecule has 0 bridgehead atoms. The number of nitrogens with one attached hydrogen (secondary N) is 1. The minimum atomic E-state index is -1.01. The number of alkyl halides is 1. The molecule has 0 spiro atoms. The summed E-state index contributed by atoms with van der Waals surface area (Å²) in [5.74, 6) is -0.357. The van der Waals surface area contributed by atoms with Crippen LogP contribution in [0.3, 0.4) is 0 Å². The molecular formula is C29H27ClFN7O2S. The molecule has 12 heteroatoms. The Balaban J connectivity index is 1.28. The number of nitrogens with zero attached hydrogens (tertiary/aromatic N) is 6. The van der Waals surface area contributed by atoms with E-state index in [9.17, 15) is 9.18 Å². The maximum absolute atomic E-state index is 14.3. The molecule has 2 atom stereocenters. The summed E-state index contributed by atoms with van der Waals surface area (Å²) in [7, 11) is 0. The summed E-state index contributed by atoms with van der Waals surface area (Å²) in [6.45, 7) is 5.44. The van der Waals surface area contributed by atoms with Crippen LogP contribution in [0, 0.1) is 6.92 Å². The van der Waals surface area contributed by atoms with Crippen molar-refractivity contribution >= 4 is 50.6 Å². The summed E-state index contributed by atoms with van der Waals surface area (Å²) in [4.78, 5) is 24.7. The number of benzene rings is 2. The monoisotopic (exact) mass is 591 g/mol. The molecule has 0 aliphatic carbocycles. The first-order valence-electron chi connectivity index (χ1n) is 13.5. The standard InChI is InChI=1S/C29H27ClFN7O2S/c1-17-21(18-2-4-20(5-3-18)36-7-9-40-10-8-36)13-23(30)22-15-38(35-25(17)22)27(28(39)34-29-32-6-11-41-29)26-24-12-19(31)14-37(24)16-33-26/h2-6,11,13,15-16,19,27H,7-10,12,14H2,1H3,(H,32,34,39)/t19-,27?/m1/s1. The average Bonchev–Trinajstić information content (AvgIpc) is 3.78. The van der Waals surface area contributed by atoms with Gasteiger partial charge in [-0.3, -0.25) is 14.8 Å². The van der Waals surface area contributed by atoms with Crippen molar-refractivity contribution in [2.24, 2.45) is 0 Å². The first-order valence-corrected chi connectivity index (χ1v) is 14.7. The highest BCUT2D eigenvalue weighted by Crippen LogP contribution is 2.37. The van der Waals surface area contributed by atoms with Gasteiger partial charge in [0.15, 0.2) is 11.2 Å². The summed E-state index contributed by atoms with van der Waals surface area (Å²) in [5, 5.41) is 11.3. The number of anilines is 2. The number of carbonyl (C=O) groups excluding carboxylic acids is 1. The lowest BCUT2D eigenvalue weighted by molar-refractivity contribution is -0.118. The van der Waals surface area contributed by atoms with Gasteiger partial charge in [-0.2, -0.15) is 5.10 Å².